The number of hydrogen-bond donors (Lipinski definition) is 0. The van der Waals surface area contributed by atoms with Gasteiger partial charge < -0.3 is 4.74 Å². The summed E-state index contributed by atoms with van der Waals surface area (Å²) in [5.41, 5.74) is 3.42. The molecule has 2 nitrogen and oxygen atoms in total. The van der Waals surface area contributed by atoms with Gasteiger partial charge in [-0.1, -0.05) is 102 Å². The van der Waals surface area contributed by atoms with Crippen LogP contribution in [-0.2, 0) is 6.42 Å². The van der Waals surface area contributed by atoms with E-state index in [-0.39, 0.29) is 6.61 Å². The van der Waals surface area contributed by atoms with Crippen LogP contribution in [0.25, 0.3) is 11.3 Å². The Kier molecular flexibility index (Phi) is 13.0. The van der Waals surface area contributed by atoms with Crippen LogP contribution in [0.4, 0.5) is 4.39 Å². The molecule has 2 rings (SSSR count). The summed E-state index contributed by atoms with van der Waals surface area (Å²) in [4.78, 5) is 4.49. The first-order valence-corrected chi connectivity index (χ1v) is 12.5. The predicted octanol–water partition coefficient (Wildman–Crippen LogP) is 8.73. The Morgan fingerprint density at radius 3 is 2.03 bits per heavy atom. The van der Waals surface area contributed by atoms with Gasteiger partial charge in [-0.25, -0.2) is 4.39 Å². The van der Waals surface area contributed by atoms with Crippen molar-refractivity contribution in [3.63, 3.8) is 0 Å². The van der Waals surface area contributed by atoms with Crippen molar-refractivity contribution < 1.29 is 9.13 Å². The Morgan fingerprint density at radius 2 is 1.42 bits per heavy atom. The molecule has 0 saturated heterocycles. The molecule has 0 aliphatic rings. The summed E-state index contributed by atoms with van der Waals surface area (Å²) >= 11 is 0. The molecule has 3 heteroatoms. The standard InChI is InChI=1S/C28H42FNO/c1-3-5-7-8-9-10-11-12-13-14-24-16-18-25(19-17-24)28-21-20-27(22-30-28)31-23-26(29)15-6-4-2/h16-22,26H,3-15,23H2,1-2H3. The number of pyridine rings is 1. The molecule has 0 aliphatic carbocycles. The molecule has 0 radical (unpaired) electrons. The lowest BCUT2D eigenvalue weighted by molar-refractivity contribution is 0.184. The normalized spacial score (nSPS) is 12.1. The van der Waals surface area contributed by atoms with E-state index in [9.17, 15) is 4.39 Å². The third-order valence-corrected chi connectivity index (χ3v) is 5.86. The number of unbranched alkanes of at least 4 members (excludes halogenated alkanes) is 9. The maximum absolute atomic E-state index is 13.7. The third kappa shape index (κ3) is 10.8. The minimum atomic E-state index is -0.905. The van der Waals surface area contributed by atoms with Crippen LogP contribution in [0.15, 0.2) is 42.6 Å². The fraction of sp³-hybridized carbons (Fsp3) is 0.607. The van der Waals surface area contributed by atoms with Crippen molar-refractivity contribution in [1.29, 1.82) is 0 Å². The number of alkyl halides is 1. The molecule has 0 saturated carbocycles. The van der Waals surface area contributed by atoms with Crippen molar-refractivity contribution in [2.24, 2.45) is 0 Å². The van der Waals surface area contributed by atoms with E-state index in [2.05, 4.69) is 43.1 Å². The van der Waals surface area contributed by atoms with Crippen molar-refractivity contribution in [1.82, 2.24) is 4.98 Å². The smallest absolute Gasteiger partial charge is 0.137 e. The van der Waals surface area contributed by atoms with Gasteiger partial charge >= 0.3 is 0 Å². The van der Waals surface area contributed by atoms with Crippen molar-refractivity contribution in [3.8, 4) is 17.0 Å². The number of rotatable bonds is 17. The van der Waals surface area contributed by atoms with Gasteiger partial charge in [0.15, 0.2) is 0 Å². The number of aryl methyl sites for hydroxylation is 1. The Balaban J connectivity index is 1.66. The zero-order chi connectivity index (χ0) is 22.2. The van der Waals surface area contributed by atoms with Gasteiger partial charge in [0, 0.05) is 5.56 Å². The zero-order valence-corrected chi connectivity index (χ0v) is 19.8. The van der Waals surface area contributed by atoms with Crippen LogP contribution in [0.5, 0.6) is 5.75 Å². The van der Waals surface area contributed by atoms with Crippen LogP contribution in [0.2, 0.25) is 0 Å². The molecule has 0 N–H and O–H groups in total. The van der Waals surface area contributed by atoms with Crippen LogP contribution < -0.4 is 4.74 Å². The monoisotopic (exact) mass is 427 g/mol. The highest BCUT2D eigenvalue weighted by molar-refractivity contribution is 5.59. The average Bonchev–Trinajstić information content (AvgIpc) is 2.81. The summed E-state index contributed by atoms with van der Waals surface area (Å²) in [6, 6.07) is 12.6. The maximum atomic E-state index is 13.7. The molecule has 1 aromatic heterocycles. The van der Waals surface area contributed by atoms with Crippen molar-refractivity contribution >= 4 is 0 Å². The highest BCUT2D eigenvalue weighted by Gasteiger charge is 2.07. The van der Waals surface area contributed by atoms with Gasteiger partial charge in [0.05, 0.1) is 11.9 Å². The maximum Gasteiger partial charge on any atom is 0.137 e. The van der Waals surface area contributed by atoms with Crippen LogP contribution in [0.3, 0.4) is 0 Å². The second-order valence-corrected chi connectivity index (χ2v) is 8.71. The first kappa shape index (κ1) is 25.4. The Bertz CT molecular complexity index is 683. The fourth-order valence-corrected chi connectivity index (χ4v) is 3.81. The van der Waals surface area contributed by atoms with E-state index in [0.717, 1.165) is 30.5 Å². The highest BCUT2D eigenvalue weighted by atomic mass is 19.1. The van der Waals surface area contributed by atoms with E-state index >= 15 is 0 Å². The molecule has 1 atom stereocenters. The van der Waals surface area contributed by atoms with Crippen molar-refractivity contribution in [2.75, 3.05) is 6.61 Å². The molecule has 0 aliphatic heterocycles. The van der Waals surface area contributed by atoms with E-state index in [1.165, 1.54) is 63.4 Å². The number of ether oxygens (including phenoxy) is 1. The molecule has 31 heavy (non-hydrogen) atoms. The van der Waals surface area contributed by atoms with Crippen molar-refractivity contribution in [2.45, 2.75) is 103 Å². The van der Waals surface area contributed by atoms with Crippen LogP contribution in [-0.4, -0.2) is 17.8 Å². The summed E-state index contributed by atoms with van der Waals surface area (Å²) in [5, 5.41) is 0. The molecular weight excluding hydrogens is 385 g/mol. The quantitative estimate of drug-likeness (QED) is 0.235. The van der Waals surface area contributed by atoms with Crippen LogP contribution in [0.1, 0.15) is 96.5 Å². The van der Waals surface area contributed by atoms with Gasteiger partial charge in [-0.05, 0) is 37.0 Å². The average molecular weight is 428 g/mol. The van der Waals surface area contributed by atoms with Gasteiger partial charge in [-0.2, -0.15) is 0 Å². The van der Waals surface area contributed by atoms with E-state index in [4.69, 9.17) is 4.74 Å². The number of hydrogen-bond acceptors (Lipinski definition) is 2. The Labute approximate surface area is 189 Å². The third-order valence-electron chi connectivity index (χ3n) is 5.86. The van der Waals surface area contributed by atoms with E-state index in [1.54, 1.807) is 6.20 Å². The SMILES string of the molecule is CCCCCCCCCCCc1ccc(-c2ccc(OCC(F)CCCC)cn2)cc1. The molecular formula is C28H42FNO. The summed E-state index contributed by atoms with van der Waals surface area (Å²) in [6.45, 7) is 4.45. The largest absolute Gasteiger partial charge is 0.489 e. The molecule has 2 aromatic rings. The summed E-state index contributed by atoms with van der Waals surface area (Å²) in [7, 11) is 0. The zero-order valence-electron chi connectivity index (χ0n) is 19.8. The van der Waals surface area contributed by atoms with Gasteiger partial charge in [-0.15, -0.1) is 0 Å². The Hall–Kier alpha value is -1.90. The fourth-order valence-electron chi connectivity index (χ4n) is 3.81. The summed E-state index contributed by atoms with van der Waals surface area (Å²) in [5.74, 6) is 0.630. The highest BCUT2D eigenvalue weighted by Crippen LogP contribution is 2.21. The number of benzene rings is 1. The molecule has 0 spiro atoms. The number of aromatic nitrogens is 1. The van der Waals surface area contributed by atoms with E-state index < -0.39 is 6.17 Å². The van der Waals surface area contributed by atoms with Gasteiger partial charge in [0.2, 0.25) is 0 Å². The Morgan fingerprint density at radius 1 is 0.774 bits per heavy atom. The predicted molar refractivity (Wildman–Crippen MR) is 131 cm³/mol. The lowest BCUT2D eigenvalue weighted by Gasteiger charge is -2.10. The number of nitrogens with zero attached hydrogens (tertiary/aromatic N) is 1. The first-order valence-electron chi connectivity index (χ1n) is 12.5. The molecule has 172 valence electrons. The second kappa shape index (κ2) is 15.8. The molecule has 0 amide bonds. The molecule has 1 heterocycles. The first-order chi connectivity index (χ1) is 15.2. The molecule has 0 bridgehead atoms. The summed E-state index contributed by atoms with van der Waals surface area (Å²) in [6.07, 6.45) is 16.7. The van der Waals surface area contributed by atoms with Gasteiger partial charge in [0.1, 0.15) is 18.5 Å². The minimum absolute atomic E-state index is 0.106. The van der Waals surface area contributed by atoms with Gasteiger partial charge in [-0.3, -0.25) is 4.98 Å². The lowest BCUT2D eigenvalue weighted by Crippen LogP contribution is -2.12. The van der Waals surface area contributed by atoms with Crippen molar-refractivity contribution in [3.05, 3.63) is 48.2 Å². The van der Waals surface area contributed by atoms with E-state index in [1.807, 2.05) is 12.1 Å². The molecule has 1 unspecified atom stereocenters. The second-order valence-electron chi connectivity index (χ2n) is 8.71. The minimum Gasteiger partial charge on any atom is -0.489 e. The molecule has 0 fully saturated rings. The molecule has 1 aromatic carbocycles. The van der Waals surface area contributed by atoms with Gasteiger partial charge in [0.25, 0.3) is 0 Å². The van der Waals surface area contributed by atoms with Crippen LogP contribution >= 0.6 is 0 Å². The van der Waals surface area contributed by atoms with Crippen LogP contribution in [0, 0.1) is 0 Å². The van der Waals surface area contributed by atoms with E-state index in [0.29, 0.717) is 12.2 Å². The summed E-state index contributed by atoms with van der Waals surface area (Å²) < 4.78 is 19.3. The number of halogens is 1. The topological polar surface area (TPSA) is 22.1 Å². The lowest BCUT2D eigenvalue weighted by atomic mass is 10.0.